The molecule has 10 aromatic carbocycles. The van der Waals surface area contributed by atoms with Crippen LogP contribution in [-0.2, 0) is 0 Å². The van der Waals surface area contributed by atoms with E-state index in [0.29, 0.717) is 0 Å². The first-order chi connectivity index (χ1) is 29.7. The van der Waals surface area contributed by atoms with Crippen molar-refractivity contribution >= 4 is 49.6 Å². The van der Waals surface area contributed by atoms with Gasteiger partial charge in [0.15, 0.2) is 0 Å². The van der Waals surface area contributed by atoms with Gasteiger partial charge in [-0.05, 0) is 115 Å². The van der Waals surface area contributed by atoms with Gasteiger partial charge in [-0.2, -0.15) is 0 Å². The molecule has 0 saturated carbocycles. The molecule has 0 saturated heterocycles. The molecular weight excluding hydrogens is 727 g/mol. The molecule has 0 radical (unpaired) electrons. The van der Waals surface area contributed by atoms with Crippen molar-refractivity contribution < 1.29 is 4.42 Å². The van der Waals surface area contributed by atoms with Gasteiger partial charge in [-0.25, -0.2) is 0 Å². The number of fused-ring (bicyclic) bond motifs is 4. The van der Waals surface area contributed by atoms with Crippen molar-refractivity contribution in [3.63, 3.8) is 0 Å². The fourth-order valence-electron chi connectivity index (χ4n) is 8.69. The molecule has 282 valence electrons. The summed E-state index contributed by atoms with van der Waals surface area (Å²) in [5.74, 6) is 0.877. The maximum absolute atomic E-state index is 6.29. The third-order valence-corrected chi connectivity index (χ3v) is 11.7. The van der Waals surface area contributed by atoms with Crippen LogP contribution in [0.4, 0.5) is 17.1 Å². The molecule has 1 heterocycles. The number of hydrogen-bond donors (Lipinski definition) is 0. The molecule has 60 heavy (non-hydrogen) atoms. The molecule has 0 aliphatic rings. The van der Waals surface area contributed by atoms with E-state index in [0.717, 1.165) is 61.6 Å². The number of benzene rings is 10. The second-order valence-corrected chi connectivity index (χ2v) is 15.3. The maximum atomic E-state index is 6.29. The first-order valence-electron chi connectivity index (χ1n) is 20.5. The zero-order valence-corrected chi connectivity index (χ0v) is 32.9. The minimum Gasteiger partial charge on any atom is -0.456 e. The summed E-state index contributed by atoms with van der Waals surface area (Å²) in [5.41, 5.74) is 14.7. The molecule has 11 rings (SSSR count). The van der Waals surface area contributed by atoms with Crippen molar-refractivity contribution in [2.45, 2.75) is 0 Å². The van der Waals surface area contributed by atoms with Crippen LogP contribution < -0.4 is 4.90 Å². The molecular formula is C58H39NO. The van der Waals surface area contributed by atoms with Gasteiger partial charge in [0.1, 0.15) is 11.3 Å². The number of nitrogens with zero attached hydrogens (tertiary/aromatic N) is 1. The Morgan fingerprint density at radius 2 is 0.717 bits per heavy atom. The Morgan fingerprint density at radius 3 is 1.38 bits per heavy atom. The monoisotopic (exact) mass is 765 g/mol. The molecule has 1 aromatic heterocycles. The SMILES string of the molecule is c1ccc(-c2ccccc2-c2ccc(N(c3ccc(-c4ccc(-c5ccccc5-c5cc6ccccc6o5)cc4)cc3)c3ccc4c(ccc5ccccc54)c3)cc2)cc1. The average Bonchev–Trinajstić information content (AvgIpc) is 3.77. The first-order valence-corrected chi connectivity index (χ1v) is 20.5. The summed E-state index contributed by atoms with van der Waals surface area (Å²) >= 11 is 0. The number of anilines is 3. The van der Waals surface area contributed by atoms with Crippen LogP contribution in [0.5, 0.6) is 0 Å². The van der Waals surface area contributed by atoms with Gasteiger partial charge < -0.3 is 9.32 Å². The number of furan rings is 1. The van der Waals surface area contributed by atoms with Gasteiger partial charge in [-0.15, -0.1) is 0 Å². The Balaban J connectivity index is 0.944. The zero-order chi connectivity index (χ0) is 39.8. The van der Waals surface area contributed by atoms with Crippen LogP contribution in [0.3, 0.4) is 0 Å². The van der Waals surface area contributed by atoms with E-state index in [2.05, 4.69) is 223 Å². The van der Waals surface area contributed by atoms with Crippen molar-refractivity contribution in [3.05, 3.63) is 237 Å². The fourth-order valence-corrected chi connectivity index (χ4v) is 8.69. The van der Waals surface area contributed by atoms with E-state index < -0.39 is 0 Å². The van der Waals surface area contributed by atoms with Crippen LogP contribution in [0.1, 0.15) is 0 Å². The second-order valence-electron chi connectivity index (χ2n) is 15.3. The van der Waals surface area contributed by atoms with E-state index >= 15 is 0 Å². The largest absolute Gasteiger partial charge is 0.456 e. The molecule has 0 bridgehead atoms. The van der Waals surface area contributed by atoms with Gasteiger partial charge in [-0.3, -0.25) is 0 Å². The van der Waals surface area contributed by atoms with E-state index in [4.69, 9.17) is 4.42 Å². The molecule has 0 aliphatic carbocycles. The van der Waals surface area contributed by atoms with Gasteiger partial charge in [0.2, 0.25) is 0 Å². The normalized spacial score (nSPS) is 11.3. The van der Waals surface area contributed by atoms with Crippen LogP contribution in [0.2, 0.25) is 0 Å². The highest BCUT2D eigenvalue weighted by atomic mass is 16.3. The van der Waals surface area contributed by atoms with E-state index in [1.54, 1.807) is 0 Å². The molecule has 0 amide bonds. The summed E-state index contributed by atoms with van der Waals surface area (Å²) in [6.45, 7) is 0. The van der Waals surface area contributed by atoms with Gasteiger partial charge in [0.25, 0.3) is 0 Å². The molecule has 2 heteroatoms. The van der Waals surface area contributed by atoms with E-state index in [9.17, 15) is 0 Å². The Bertz CT molecular complexity index is 3260. The Hall–Kier alpha value is -7.94. The van der Waals surface area contributed by atoms with Crippen molar-refractivity contribution in [2.75, 3.05) is 4.90 Å². The van der Waals surface area contributed by atoms with Gasteiger partial charge in [-0.1, -0.05) is 188 Å². The fraction of sp³-hybridized carbons (Fsp3) is 0. The molecule has 0 spiro atoms. The third kappa shape index (κ3) is 6.51. The first kappa shape index (κ1) is 35.2. The summed E-state index contributed by atoms with van der Waals surface area (Å²) < 4.78 is 6.29. The second kappa shape index (κ2) is 15.1. The van der Waals surface area contributed by atoms with Crippen molar-refractivity contribution in [2.24, 2.45) is 0 Å². The summed E-state index contributed by atoms with van der Waals surface area (Å²) in [6, 6.07) is 84.8. The van der Waals surface area contributed by atoms with Crippen molar-refractivity contribution in [1.82, 2.24) is 0 Å². The van der Waals surface area contributed by atoms with Gasteiger partial charge >= 0.3 is 0 Å². The lowest BCUT2D eigenvalue weighted by atomic mass is 9.94. The van der Waals surface area contributed by atoms with Crippen LogP contribution in [0.15, 0.2) is 241 Å². The predicted octanol–water partition coefficient (Wildman–Crippen LogP) is 16.5. The lowest BCUT2D eigenvalue weighted by molar-refractivity contribution is 0.632. The Morgan fingerprint density at radius 1 is 0.267 bits per heavy atom. The third-order valence-electron chi connectivity index (χ3n) is 11.7. The lowest BCUT2D eigenvalue weighted by Gasteiger charge is -2.26. The van der Waals surface area contributed by atoms with E-state index in [1.807, 2.05) is 18.2 Å². The number of para-hydroxylation sites is 1. The standard InChI is InChI=1S/C58H39NO/c1-2-12-42(13-3-1)51-17-7-8-18-53(51)45-30-34-49(35-31-45)59(50-36-37-55-46(38-50)27-26-43-14-4-6-16-52(43)55)48-32-28-41(29-33-48)40-22-24-44(25-23-40)54-19-9-10-20-56(54)58-39-47-15-5-11-21-57(47)60-58/h1-39H. The van der Waals surface area contributed by atoms with E-state index in [1.165, 1.54) is 43.8 Å². The Labute approximate surface area is 349 Å². The maximum Gasteiger partial charge on any atom is 0.136 e. The lowest BCUT2D eigenvalue weighted by Crippen LogP contribution is -2.09. The molecule has 0 aliphatic heterocycles. The molecule has 0 atom stereocenters. The highest BCUT2D eigenvalue weighted by molar-refractivity contribution is 6.08. The molecule has 0 unspecified atom stereocenters. The van der Waals surface area contributed by atoms with Crippen LogP contribution in [0, 0.1) is 0 Å². The molecule has 2 nitrogen and oxygen atoms in total. The summed E-state index contributed by atoms with van der Waals surface area (Å²) in [4.78, 5) is 2.36. The van der Waals surface area contributed by atoms with E-state index in [-0.39, 0.29) is 0 Å². The quantitative estimate of drug-likeness (QED) is 0.143. The highest BCUT2D eigenvalue weighted by Gasteiger charge is 2.17. The predicted molar refractivity (Wildman–Crippen MR) is 253 cm³/mol. The van der Waals surface area contributed by atoms with Crippen LogP contribution in [0.25, 0.3) is 88.3 Å². The van der Waals surface area contributed by atoms with Crippen LogP contribution in [-0.4, -0.2) is 0 Å². The van der Waals surface area contributed by atoms with Crippen LogP contribution >= 0.6 is 0 Å². The highest BCUT2D eigenvalue weighted by Crippen LogP contribution is 2.41. The minimum atomic E-state index is 0.877. The van der Waals surface area contributed by atoms with Crippen molar-refractivity contribution in [1.29, 1.82) is 0 Å². The van der Waals surface area contributed by atoms with Gasteiger partial charge in [0, 0.05) is 28.0 Å². The van der Waals surface area contributed by atoms with Crippen molar-refractivity contribution in [3.8, 4) is 55.8 Å². The summed E-state index contributed by atoms with van der Waals surface area (Å²) in [7, 11) is 0. The smallest absolute Gasteiger partial charge is 0.136 e. The van der Waals surface area contributed by atoms with Gasteiger partial charge in [0.05, 0.1) is 0 Å². The minimum absolute atomic E-state index is 0.877. The Kier molecular flexibility index (Phi) is 8.87. The topological polar surface area (TPSA) is 16.4 Å². The summed E-state index contributed by atoms with van der Waals surface area (Å²) in [5, 5.41) is 6.09. The average molecular weight is 766 g/mol. The molecule has 11 aromatic rings. The zero-order valence-electron chi connectivity index (χ0n) is 32.9. The molecule has 0 fully saturated rings. The number of hydrogen-bond acceptors (Lipinski definition) is 2. The summed E-state index contributed by atoms with van der Waals surface area (Å²) in [6.07, 6.45) is 0. The molecule has 0 N–H and O–H groups in total. The number of rotatable bonds is 8.